The summed E-state index contributed by atoms with van der Waals surface area (Å²) in [5, 5.41) is 8.69. The molecule has 2 heterocycles. The number of nitrogens with one attached hydrogen (secondary N) is 1. The van der Waals surface area contributed by atoms with Gasteiger partial charge in [-0.3, -0.25) is 14.9 Å². The lowest BCUT2D eigenvalue weighted by Gasteiger charge is -2.33. The van der Waals surface area contributed by atoms with Crippen LogP contribution in [-0.2, 0) is 4.79 Å². The fraction of sp³-hybridized carbons (Fsp3) is 0.250. The molecule has 1 unspecified atom stereocenters. The fourth-order valence-electron chi connectivity index (χ4n) is 4.20. The van der Waals surface area contributed by atoms with Crippen molar-refractivity contribution in [1.82, 2.24) is 19.9 Å². The van der Waals surface area contributed by atoms with Gasteiger partial charge in [-0.15, -0.1) is 6.58 Å². The fourth-order valence-corrected chi connectivity index (χ4v) is 4.20. The summed E-state index contributed by atoms with van der Waals surface area (Å²) >= 11 is 0. The van der Waals surface area contributed by atoms with E-state index in [1.54, 1.807) is 11.6 Å². The Bertz CT molecular complexity index is 1090. The topological polar surface area (TPSA) is 70.4 Å². The number of likely N-dealkylation sites (tertiary alicyclic amines) is 1. The van der Waals surface area contributed by atoms with Gasteiger partial charge in [-0.25, -0.2) is 10.5 Å². The van der Waals surface area contributed by atoms with E-state index in [2.05, 4.69) is 34.2 Å². The molecule has 0 aliphatic carbocycles. The highest BCUT2D eigenvalue weighted by atomic mass is 16.5. The van der Waals surface area contributed by atoms with Gasteiger partial charge in [0.05, 0.1) is 11.0 Å². The number of piperidine rings is 1. The van der Waals surface area contributed by atoms with Crippen LogP contribution in [0.2, 0.25) is 0 Å². The number of hydrogen-bond acceptors (Lipinski definition) is 4. The Morgan fingerprint density at radius 2 is 2.13 bits per heavy atom. The molecule has 0 bridgehead atoms. The monoisotopic (exact) mass is 402 g/mol. The maximum atomic E-state index is 11.3. The number of hydrogen-bond donors (Lipinski definition) is 2. The highest BCUT2D eigenvalue weighted by Gasteiger charge is 2.25. The van der Waals surface area contributed by atoms with Gasteiger partial charge in [-0.05, 0) is 49.2 Å². The number of benzene rings is 2. The Morgan fingerprint density at radius 1 is 1.27 bits per heavy atom. The molecule has 0 spiro atoms. The summed E-state index contributed by atoms with van der Waals surface area (Å²) in [6.45, 7) is 6.85. The molecule has 30 heavy (non-hydrogen) atoms. The molecule has 6 nitrogen and oxygen atoms in total. The molecule has 4 rings (SSSR count). The number of hydroxylamine groups is 1. The smallest absolute Gasteiger partial charge is 0.267 e. The van der Waals surface area contributed by atoms with E-state index in [-0.39, 0.29) is 0 Å². The molecule has 2 N–H and O–H groups in total. The van der Waals surface area contributed by atoms with Gasteiger partial charge in [-0.1, -0.05) is 36.4 Å². The third-order valence-electron chi connectivity index (χ3n) is 5.51. The van der Waals surface area contributed by atoms with Crippen LogP contribution < -0.4 is 5.48 Å². The van der Waals surface area contributed by atoms with Crippen molar-refractivity contribution in [2.24, 2.45) is 0 Å². The van der Waals surface area contributed by atoms with Crippen LogP contribution in [0.15, 0.2) is 67.3 Å². The van der Waals surface area contributed by atoms with Crippen LogP contribution in [0.3, 0.4) is 0 Å². The van der Waals surface area contributed by atoms with Gasteiger partial charge in [0, 0.05) is 30.8 Å². The SMILES string of the molecule is C=CCN1CCCC(n2c(-c3cccc(C=CC(=O)NO)c3)nc3ccccc32)C1. The van der Waals surface area contributed by atoms with E-state index in [0.717, 1.165) is 60.5 Å². The number of rotatable bonds is 6. The second-order valence-electron chi connectivity index (χ2n) is 7.57. The van der Waals surface area contributed by atoms with Crippen molar-refractivity contribution in [3.05, 3.63) is 72.8 Å². The molecule has 1 atom stereocenters. The van der Waals surface area contributed by atoms with Crippen LogP contribution >= 0.6 is 0 Å². The number of amides is 1. The van der Waals surface area contributed by atoms with Crippen molar-refractivity contribution in [2.45, 2.75) is 18.9 Å². The number of aromatic nitrogens is 2. The minimum atomic E-state index is -0.558. The Hall–Kier alpha value is -3.22. The standard InChI is InChI=1S/C24H26N4O2/c1-2-14-27-15-6-9-20(17-27)28-22-11-4-3-10-21(22)25-24(28)19-8-5-7-18(16-19)12-13-23(29)26-30/h2-5,7-8,10-13,16,20,30H,1,6,9,14-15,17H2,(H,26,29). The Balaban J connectivity index is 1.76. The minimum Gasteiger partial charge on any atom is -0.320 e. The van der Waals surface area contributed by atoms with Gasteiger partial charge in [0.1, 0.15) is 5.82 Å². The number of para-hydroxylation sites is 2. The predicted molar refractivity (Wildman–Crippen MR) is 119 cm³/mol. The van der Waals surface area contributed by atoms with Crippen LogP contribution in [-0.4, -0.2) is 45.2 Å². The minimum absolute atomic E-state index is 0.334. The second kappa shape index (κ2) is 9.07. The normalized spacial score (nSPS) is 17.4. The molecule has 2 aromatic carbocycles. The first-order valence-electron chi connectivity index (χ1n) is 10.2. The number of fused-ring (bicyclic) bond motifs is 1. The largest absolute Gasteiger partial charge is 0.320 e. The Kier molecular flexibility index (Phi) is 6.07. The molecular weight excluding hydrogens is 376 g/mol. The lowest BCUT2D eigenvalue weighted by molar-refractivity contribution is -0.124. The first-order valence-corrected chi connectivity index (χ1v) is 10.2. The summed E-state index contributed by atoms with van der Waals surface area (Å²) < 4.78 is 2.37. The van der Waals surface area contributed by atoms with Crippen molar-refractivity contribution in [1.29, 1.82) is 0 Å². The quantitative estimate of drug-likeness (QED) is 0.283. The van der Waals surface area contributed by atoms with Crippen LogP contribution in [0.1, 0.15) is 24.4 Å². The maximum Gasteiger partial charge on any atom is 0.267 e. The summed E-state index contributed by atoms with van der Waals surface area (Å²) in [5.41, 5.74) is 5.60. The van der Waals surface area contributed by atoms with Crippen LogP contribution in [0.5, 0.6) is 0 Å². The van der Waals surface area contributed by atoms with Crippen molar-refractivity contribution >= 4 is 23.0 Å². The highest BCUT2D eigenvalue weighted by Crippen LogP contribution is 2.33. The van der Waals surface area contributed by atoms with Gasteiger partial charge in [0.25, 0.3) is 5.91 Å². The van der Waals surface area contributed by atoms with E-state index in [0.29, 0.717) is 6.04 Å². The zero-order valence-corrected chi connectivity index (χ0v) is 16.9. The summed E-state index contributed by atoms with van der Waals surface area (Å²) in [6, 6.07) is 16.5. The molecule has 6 heteroatoms. The predicted octanol–water partition coefficient (Wildman–Crippen LogP) is 4.04. The van der Waals surface area contributed by atoms with E-state index < -0.39 is 5.91 Å². The molecule has 1 fully saturated rings. The molecule has 0 saturated carbocycles. The Labute approximate surface area is 176 Å². The van der Waals surface area contributed by atoms with Gasteiger partial charge in [0.2, 0.25) is 0 Å². The lowest BCUT2D eigenvalue weighted by Crippen LogP contribution is -2.36. The summed E-state index contributed by atoms with van der Waals surface area (Å²) in [7, 11) is 0. The number of nitrogens with zero attached hydrogens (tertiary/aromatic N) is 3. The van der Waals surface area contributed by atoms with Gasteiger partial charge in [0.15, 0.2) is 0 Å². The Morgan fingerprint density at radius 3 is 2.97 bits per heavy atom. The van der Waals surface area contributed by atoms with Crippen molar-refractivity contribution in [3.63, 3.8) is 0 Å². The number of imidazole rings is 1. The first-order chi connectivity index (χ1) is 14.7. The van der Waals surface area contributed by atoms with E-state index in [4.69, 9.17) is 10.2 Å². The zero-order valence-electron chi connectivity index (χ0n) is 16.9. The van der Waals surface area contributed by atoms with Crippen LogP contribution in [0.25, 0.3) is 28.5 Å². The van der Waals surface area contributed by atoms with Crippen LogP contribution in [0.4, 0.5) is 0 Å². The second-order valence-corrected chi connectivity index (χ2v) is 7.57. The molecule has 1 saturated heterocycles. The molecule has 154 valence electrons. The van der Waals surface area contributed by atoms with Crippen molar-refractivity contribution in [2.75, 3.05) is 19.6 Å². The van der Waals surface area contributed by atoms with E-state index in [1.165, 1.54) is 6.08 Å². The highest BCUT2D eigenvalue weighted by molar-refractivity contribution is 5.91. The molecule has 0 radical (unpaired) electrons. The van der Waals surface area contributed by atoms with Gasteiger partial charge >= 0.3 is 0 Å². The van der Waals surface area contributed by atoms with E-state index in [1.807, 2.05) is 36.4 Å². The average molecular weight is 402 g/mol. The number of carbonyl (C=O) groups is 1. The number of carbonyl (C=O) groups excluding carboxylic acids is 1. The van der Waals surface area contributed by atoms with Crippen molar-refractivity contribution in [3.8, 4) is 11.4 Å². The van der Waals surface area contributed by atoms with Crippen LogP contribution in [0, 0.1) is 0 Å². The average Bonchev–Trinajstić information content (AvgIpc) is 3.18. The summed E-state index contributed by atoms with van der Waals surface area (Å²) in [4.78, 5) is 18.7. The van der Waals surface area contributed by atoms with Gasteiger partial charge in [-0.2, -0.15) is 0 Å². The van der Waals surface area contributed by atoms with E-state index in [9.17, 15) is 4.79 Å². The third-order valence-corrected chi connectivity index (χ3v) is 5.51. The van der Waals surface area contributed by atoms with E-state index >= 15 is 0 Å². The molecule has 1 aromatic heterocycles. The molecular formula is C24H26N4O2. The molecule has 1 aliphatic heterocycles. The summed E-state index contributed by atoms with van der Waals surface area (Å²) in [5.74, 6) is 0.376. The first kappa shape index (κ1) is 20.1. The molecule has 1 amide bonds. The lowest BCUT2D eigenvalue weighted by atomic mass is 10.0. The molecule has 1 aliphatic rings. The zero-order chi connectivity index (χ0) is 20.9. The van der Waals surface area contributed by atoms with Crippen molar-refractivity contribution < 1.29 is 10.0 Å². The van der Waals surface area contributed by atoms with Gasteiger partial charge < -0.3 is 4.57 Å². The molecule has 3 aromatic rings. The third kappa shape index (κ3) is 4.20. The summed E-state index contributed by atoms with van der Waals surface area (Å²) in [6.07, 6.45) is 7.19. The maximum absolute atomic E-state index is 11.3.